The van der Waals surface area contributed by atoms with Crippen LogP contribution in [0.15, 0.2) is 46.9 Å². The first-order valence-corrected chi connectivity index (χ1v) is 7.09. The minimum Gasteiger partial charge on any atom is -0.378 e. The Balaban J connectivity index is 2.19. The first-order valence-electron chi connectivity index (χ1n) is 5.54. The Bertz CT molecular complexity index is 557. The van der Waals surface area contributed by atoms with Gasteiger partial charge in [0.05, 0.1) is 5.02 Å². The third-order valence-corrected chi connectivity index (χ3v) is 4.23. The summed E-state index contributed by atoms with van der Waals surface area (Å²) in [5.74, 6) is 0. The molecule has 0 aliphatic heterocycles. The van der Waals surface area contributed by atoms with Crippen LogP contribution in [-0.4, -0.2) is 0 Å². The lowest BCUT2D eigenvalue weighted by atomic mass is 10.1. The molecule has 0 radical (unpaired) electrons. The summed E-state index contributed by atoms with van der Waals surface area (Å²) in [6.07, 6.45) is 0. The molecule has 18 heavy (non-hydrogen) atoms. The third-order valence-electron chi connectivity index (χ3n) is 2.67. The molecule has 0 saturated carbocycles. The van der Waals surface area contributed by atoms with E-state index in [1.807, 2.05) is 42.5 Å². The molecule has 0 bridgehead atoms. The summed E-state index contributed by atoms with van der Waals surface area (Å²) >= 11 is 15.5. The molecule has 4 heteroatoms. The molecular weight excluding hydrogens is 333 g/mol. The van der Waals surface area contributed by atoms with E-state index in [4.69, 9.17) is 23.2 Å². The first kappa shape index (κ1) is 13.7. The smallest absolute Gasteiger partial charge is 0.0549 e. The van der Waals surface area contributed by atoms with Crippen molar-refractivity contribution in [2.24, 2.45) is 0 Å². The number of anilines is 1. The molecule has 1 N–H and O–H groups in total. The van der Waals surface area contributed by atoms with Crippen molar-refractivity contribution in [2.45, 2.75) is 13.0 Å². The van der Waals surface area contributed by atoms with Crippen LogP contribution in [0.4, 0.5) is 5.69 Å². The molecule has 2 aromatic rings. The summed E-state index contributed by atoms with van der Waals surface area (Å²) in [6, 6.07) is 13.7. The fourth-order valence-corrected chi connectivity index (χ4v) is 2.54. The maximum atomic E-state index is 6.17. The quantitative estimate of drug-likeness (QED) is 0.727. The molecule has 0 aliphatic carbocycles. The Morgan fingerprint density at radius 3 is 2.44 bits per heavy atom. The van der Waals surface area contributed by atoms with E-state index < -0.39 is 0 Å². The van der Waals surface area contributed by atoms with Crippen molar-refractivity contribution < 1.29 is 0 Å². The van der Waals surface area contributed by atoms with Crippen molar-refractivity contribution in [3.8, 4) is 0 Å². The highest BCUT2D eigenvalue weighted by Gasteiger charge is 2.09. The molecule has 0 fully saturated rings. The van der Waals surface area contributed by atoms with Gasteiger partial charge in [0.25, 0.3) is 0 Å². The third kappa shape index (κ3) is 3.19. The first-order chi connectivity index (χ1) is 8.58. The molecule has 1 unspecified atom stereocenters. The highest BCUT2D eigenvalue weighted by Crippen LogP contribution is 2.29. The van der Waals surface area contributed by atoms with Crippen LogP contribution in [0.1, 0.15) is 18.5 Å². The van der Waals surface area contributed by atoms with Crippen molar-refractivity contribution in [2.75, 3.05) is 5.32 Å². The summed E-state index contributed by atoms with van der Waals surface area (Å²) in [5.41, 5.74) is 2.07. The number of halogens is 3. The van der Waals surface area contributed by atoms with E-state index in [2.05, 4.69) is 28.2 Å². The maximum Gasteiger partial charge on any atom is 0.0549 e. The Morgan fingerprint density at radius 1 is 1.06 bits per heavy atom. The minimum absolute atomic E-state index is 0.131. The highest BCUT2D eigenvalue weighted by atomic mass is 79.9. The molecule has 0 heterocycles. The molecule has 0 saturated heterocycles. The van der Waals surface area contributed by atoms with Gasteiger partial charge in [-0.2, -0.15) is 0 Å². The molecule has 2 aromatic carbocycles. The van der Waals surface area contributed by atoms with E-state index in [1.54, 1.807) is 0 Å². The summed E-state index contributed by atoms with van der Waals surface area (Å²) in [5, 5.41) is 4.86. The van der Waals surface area contributed by atoms with Crippen molar-refractivity contribution in [1.29, 1.82) is 0 Å². The van der Waals surface area contributed by atoms with Crippen LogP contribution in [0.5, 0.6) is 0 Å². The fraction of sp³-hybridized carbons (Fsp3) is 0.143. The lowest BCUT2D eigenvalue weighted by Gasteiger charge is -2.17. The number of rotatable bonds is 3. The molecule has 0 amide bonds. The van der Waals surface area contributed by atoms with Gasteiger partial charge in [-0.25, -0.2) is 0 Å². The number of benzene rings is 2. The lowest BCUT2D eigenvalue weighted by Crippen LogP contribution is -2.07. The highest BCUT2D eigenvalue weighted by molar-refractivity contribution is 9.10. The Kier molecular flexibility index (Phi) is 4.55. The van der Waals surface area contributed by atoms with E-state index in [0.29, 0.717) is 5.02 Å². The van der Waals surface area contributed by atoms with Gasteiger partial charge in [0.2, 0.25) is 0 Å². The van der Waals surface area contributed by atoms with Crippen molar-refractivity contribution in [3.05, 3.63) is 62.5 Å². The van der Waals surface area contributed by atoms with Crippen molar-refractivity contribution >= 4 is 44.8 Å². The van der Waals surface area contributed by atoms with Crippen LogP contribution < -0.4 is 5.32 Å². The van der Waals surface area contributed by atoms with Gasteiger partial charge in [-0.3, -0.25) is 0 Å². The second kappa shape index (κ2) is 5.96. The van der Waals surface area contributed by atoms with Gasteiger partial charge in [0.1, 0.15) is 0 Å². The van der Waals surface area contributed by atoms with Gasteiger partial charge >= 0.3 is 0 Å². The molecule has 0 aliphatic rings. The SMILES string of the molecule is CC(Nc1ccc(Cl)c(Br)c1)c1ccccc1Cl. The van der Waals surface area contributed by atoms with Crippen molar-refractivity contribution in [1.82, 2.24) is 0 Å². The predicted molar refractivity (Wildman–Crippen MR) is 82.6 cm³/mol. The van der Waals surface area contributed by atoms with Gasteiger partial charge in [0.15, 0.2) is 0 Å². The number of nitrogens with one attached hydrogen (secondary N) is 1. The van der Waals surface area contributed by atoms with E-state index in [1.165, 1.54) is 0 Å². The zero-order chi connectivity index (χ0) is 13.1. The van der Waals surface area contributed by atoms with Gasteiger partial charge in [0, 0.05) is 21.2 Å². The summed E-state index contributed by atoms with van der Waals surface area (Å²) in [4.78, 5) is 0. The van der Waals surface area contributed by atoms with Crippen LogP contribution in [0, 0.1) is 0 Å². The Morgan fingerprint density at radius 2 is 1.78 bits per heavy atom. The van der Waals surface area contributed by atoms with Crippen LogP contribution in [0.2, 0.25) is 10.0 Å². The minimum atomic E-state index is 0.131. The summed E-state index contributed by atoms with van der Waals surface area (Å²) in [6.45, 7) is 2.07. The molecule has 2 rings (SSSR count). The fourth-order valence-electron chi connectivity index (χ4n) is 1.74. The van der Waals surface area contributed by atoms with E-state index in [0.717, 1.165) is 20.7 Å². The van der Waals surface area contributed by atoms with Gasteiger partial charge in [-0.1, -0.05) is 41.4 Å². The Labute approximate surface area is 125 Å². The van der Waals surface area contributed by atoms with Crippen LogP contribution in [0.3, 0.4) is 0 Å². The standard InChI is InChI=1S/C14H12BrCl2N/c1-9(11-4-2-3-5-13(11)16)18-10-6-7-14(17)12(15)8-10/h2-9,18H,1H3. The van der Waals surface area contributed by atoms with Gasteiger partial charge < -0.3 is 5.32 Å². The molecule has 94 valence electrons. The largest absolute Gasteiger partial charge is 0.378 e. The second-order valence-corrected chi connectivity index (χ2v) is 5.69. The maximum absolute atomic E-state index is 6.17. The predicted octanol–water partition coefficient (Wildman–Crippen LogP) is 5.93. The molecule has 1 atom stereocenters. The Hall–Kier alpha value is -0.700. The normalized spacial score (nSPS) is 12.2. The molecule has 0 spiro atoms. The average Bonchev–Trinajstić information content (AvgIpc) is 2.34. The van der Waals surface area contributed by atoms with Crippen LogP contribution in [-0.2, 0) is 0 Å². The summed E-state index contributed by atoms with van der Waals surface area (Å²) in [7, 11) is 0. The van der Waals surface area contributed by atoms with Crippen LogP contribution in [0.25, 0.3) is 0 Å². The second-order valence-electron chi connectivity index (χ2n) is 4.02. The van der Waals surface area contributed by atoms with Crippen LogP contribution >= 0.6 is 39.1 Å². The van der Waals surface area contributed by atoms with Crippen molar-refractivity contribution in [3.63, 3.8) is 0 Å². The zero-order valence-electron chi connectivity index (χ0n) is 9.75. The zero-order valence-corrected chi connectivity index (χ0v) is 12.9. The molecular formula is C14H12BrCl2N. The lowest BCUT2D eigenvalue weighted by molar-refractivity contribution is 0.885. The number of hydrogen-bond acceptors (Lipinski definition) is 1. The van der Waals surface area contributed by atoms with E-state index in [-0.39, 0.29) is 6.04 Å². The topological polar surface area (TPSA) is 12.0 Å². The van der Waals surface area contributed by atoms with E-state index in [9.17, 15) is 0 Å². The van der Waals surface area contributed by atoms with E-state index >= 15 is 0 Å². The van der Waals surface area contributed by atoms with Gasteiger partial charge in [-0.15, -0.1) is 0 Å². The summed E-state index contributed by atoms with van der Waals surface area (Å²) < 4.78 is 0.875. The monoisotopic (exact) mass is 343 g/mol. The van der Waals surface area contributed by atoms with Gasteiger partial charge in [-0.05, 0) is 52.7 Å². The molecule has 0 aromatic heterocycles. The average molecular weight is 345 g/mol. The number of hydrogen-bond donors (Lipinski definition) is 1. The molecule has 1 nitrogen and oxygen atoms in total.